The molecule has 1 atom stereocenters. The predicted molar refractivity (Wildman–Crippen MR) is 98.2 cm³/mol. The second-order valence-corrected chi connectivity index (χ2v) is 7.77. The SMILES string of the molecule is O=C(c1cn(C[C@@H]2CCCN2C(=O)c2ccsc2)nn1)N1CCCCC1. The van der Waals surface area contributed by atoms with E-state index < -0.39 is 0 Å². The summed E-state index contributed by atoms with van der Waals surface area (Å²) < 4.78 is 1.71. The van der Waals surface area contributed by atoms with Crippen molar-refractivity contribution < 1.29 is 9.59 Å². The summed E-state index contributed by atoms with van der Waals surface area (Å²) in [6, 6.07) is 1.97. The third-order valence-corrected chi connectivity index (χ3v) is 5.89. The second kappa shape index (κ2) is 7.57. The van der Waals surface area contributed by atoms with E-state index in [-0.39, 0.29) is 17.9 Å². The van der Waals surface area contributed by atoms with Gasteiger partial charge in [-0.3, -0.25) is 9.59 Å². The van der Waals surface area contributed by atoms with Gasteiger partial charge in [-0.1, -0.05) is 5.21 Å². The maximum Gasteiger partial charge on any atom is 0.276 e. The van der Waals surface area contributed by atoms with Crippen LogP contribution in [0.2, 0.25) is 0 Å². The van der Waals surface area contributed by atoms with E-state index in [0.717, 1.165) is 50.9 Å². The predicted octanol–water partition coefficient (Wildman–Crippen LogP) is 2.27. The maximum atomic E-state index is 12.7. The summed E-state index contributed by atoms with van der Waals surface area (Å²) in [5, 5.41) is 12.0. The van der Waals surface area contributed by atoms with Crippen LogP contribution in [-0.2, 0) is 6.54 Å². The molecule has 2 aliphatic heterocycles. The monoisotopic (exact) mass is 373 g/mol. The Kier molecular flexibility index (Phi) is 5.01. The van der Waals surface area contributed by atoms with Gasteiger partial charge in [-0.2, -0.15) is 11.3 Å². The number of aromatic nitrogens is 3. The van der Waals surface area contributed by atoms with Crippen LogP contribution in [0.25, 0.3) is 0 Å². The summed E-state index contributed by atoms with van der Waals surface area (Å²) in [4.78, 5) is 29.0. The highest BCUT2D eigenvalue weighted by atomic mass is 32.1. The molecule has 26 heavy (non-hydrogen) atoms. The van der Waals surface area contributed by atoms with Gasteiger partial charge in [0, 0.05) is 25.0 Å². The van der Waals surface area contributed by atoms with Crippen LogP contribution in [0.3, 0.4) is 0 Å². The standard InChI is InChI=1S/C18H23N5O2S/c24-17(14-6-10-26-13-14)23-9-4-5-15(23)11-22-12-16(19-20-22)18(25)21-7-2-1-3-8-21/h6,10,12-13,15H,1-5,7-9,11H2/t15-/m0/s1. The second-order valence-electron chi connectivity index (χ2n) is 6.99. The molecule has 4 rings (SSSR count). The minimum atomic E-state index is -0.0337. The van der Waals surface area contributed by atoms with Crippen molar-refractivity contribution in [1.29, 1.82) is 0 Å². The maximum absolute atomic E-state index is 12.7. The van der Waals surface area contributed by atoms with E-state index >= 15 is 0 Å². The lowest BCUT2D eigenvalue weighted by Crippen LogP contribution is -2.38. The lowest BCUT2D eigenvalue weighted by atomic mass is 10.1. The number of amides is 2. The molecule has 0 saturated carbocycles. The van der Waals surface area contributed by atoms with E-state index in [1.54, 1.807) is 10.9 Å². The van der Waals surface area contributed by atoms with Crippen molar-refractivity contribution in [1.82, 2.24) is 24.8 Å². The van der Waals surface area contributed by atoms with Gasteiger partial charge in [-0.25, -0.2) is 4.68 Å². The first kappa shape index (κ1) is 17.2. The van der Waals surface area contributed by atoms with E-state index in [2.05, 4.69) is 10.3 Å². The summed E-state index contributed by atoms with van der Waals surface area (Å²) in [6.45, 7) is 2.96. The van der Waals surface area contributed by atoms with Gasteiger partial charge < -0.3 is 9.80 Å². The van der Waals surface area contributed by atoms with E-state index in [4.69, 9.17) is 0 Å². The summed E-state index contributed by atoms with van der Waals surface area (Å²) in [7, 11) is 0. The number of carbonyl (C=O) groups is 2. The van der Waals surface area contributed by atoms with Crippen LogP contribution in [-0.4, -0.2) is 62.3 Å². The van der Waals surface area contributed by atoms with Gasteiger partial charge in [0.1, 0.15) is 0 Å². The Morgan fingerprint density at radius 1 is 1.12 bits per heavy atom. The van der Waals surface area contributed by atoms with E-state index in [0.29, 0.717) is 12.2 Å². The molecule has 7 nitrogen and oxygen atoms in total. The fourth-order valence-corrected chi connectivity index (χ4v) is 4.44. The van der Waals surface area contributed by atoms with Crippen molar-refractivity contribution in [2.75, 3.05) is 19.6 Å². The molecule has 0 spiro atoms. The summed E-state index contributed by atoms with van der Waals surface area (Å²) in [5.74, 6) is 0.0482. The van der Waals surface area contributed by atoms with Crippen molar-refractivity contribution in [3.63, 3.8) is 0 Å². The Morgan fingerprint density at radius 2 is 1.96 bits per heavy atom. The summed E-state index contributed by atoms with van der Waals surface area (Å²) in [6.07, 6.45) is 6.97. The highest BCUT2D eigenvalue weighted by molar-refractivity contribution is 7.08. The molecule has 0 unspecified atom stereocenters. The first-order chi connectivity index (χ1) is 12.7. The van der Waals surface area contributed by atoms with Gasteiger partial charge in [-0.15, -0.1) is 5.10 Å². The normalized spacial score (nSPS) is 20.5. The van der Waals surface area contributed by atoms with Gasteiger partial charge in [0.15, 0.2) is 5.69 Å². The minimum Gasteiger partial charge on any atom is -0.337 e. The van der Waals surface area contributed by atoms with Crippen LogP contribution in [0.4, 0.5) is 0 Å². The number of likely N-dealkylation sites (tertiary alicyclic amines) is 2. The molecule has 138 valence electrons. The fourth-order valence-electron chi connectivity index (χ4n) is 3.81. The number of hydrogen-bond acceptors (Lipinski definition) is 5. The number of hydrogen-bond donors (Lipinski definition) is 0. The van der Waals surface area contributed by atoms with Gasteiger partial charge in [0.05, 0.1) is 24.3 Å². The molecular formula is C18H23N5O2S. The third kappa shape index (κ3) is 3.51. The highest BCUT2D eigenvalue weighted by Gasteiger charge is 2.30. The lowest BCUT2D eigenvalue weighted by molar-refractivity contribution is 0.0710. The molecule has 4 heterocycles. The van der Waals surface area contributed by atoms with E-state index in [1.165, 1.54) is 17.8 Å². The van der Waals surface area contributed by atoms with Crippen molar-refractivity contribution in [2.45, 2.75) is 44.7 Å². The quantitative estimate of drug-likeness (QED) is 0.824. The first-order valence-corrected chi connectivity index (χ1v) is 10.2. The molecule has 2 aromatic heterocycles. The van der Waals surface area contributed by atoms with Crippen molar-refractivity contribution in [3.8, 4) is 0 Å². The van der Waals surface area contributed by atoms with Crippen LogP contribution in [0.5, 0.6) is 0 Å². The van der Waals surface area contributed by atoms with Crippen LogP contribution in [0.15, 0.2) is 23.0 Å². The Hall–Kier alpha value is -2.22. The molecule has 8 heteroatoms. The zero-order chi connectivity index (χ0) is 17.9. The largest absolute Gasteiger partial charge is 0.337 e. The average molecular weight is 373 g/mol. The molecular weight excluding hydrogens is 350 g/mol. The highest BCUT2D eigenvalue weighted by Crippen LogP contribution is 2.22. The smallest absolute Gasteiger partial charge is 0.276 e. The number of piperidine rings is 1. The van der Waals surface area contributed by atoms with Crippen molar-refractivity contribution in [2.24, 2.45) is 0 Å². The van der Waals surface area contributed by atoms with E-state index in [9.17, 15) is 9.59 Å². The van der Waals surface area contributed by atoms with Crippen LogP contribution < -0.4 is 0 Å². The molecule has 2 aliphatic rings. The zero-order valence-electron chi connectivity index (χ0n) is 14.7. The molecule has 0 radical (unpaired) electrons. The Balaban J connectivity index is 1.41. The van der Waals surface area contributed by atoms with Gasteiger partial charge in [0.2, 0.25) is 0 Å². The molecule has 2 saturated heterocycles. The van der Waals surface area contributed by atoms with Gasteiger partial charge in [-0.05, 0) is 43.6 Å². The van der Waals surface area contributed by atoms with E-state index in [1.807, 2.05) is 26.6 Å². The fraction of sp³-hybridized carbons (Fsp3) is 0.556. The average Bonchev–Trinajstić information content (AvgIpc) is 3.43. The minimum absolute atomic E-state index is 0.0337. The molecule has 0 bridgehead atoms. The molecule has 0 N–H and O–H groups in total. The zero-order valence-corrected chi connectivity index (χ0v) is 15.5. The number of carbonyl (C=O) groups excluding carboxylic acids is 2. The van der Waals surface area contributed by atoms with Gasteiger partial charge >= 0.3 is 0 Å². The molecule has 2 fully saturated rings. The van der Waals surface area contributed by atoms with Crippen LogP contribution in [0.1, 0.15) is 53.0 Å². The number of thiophene rings is 1. The molecule has 2 aromatic rings. The van der Waals surface area contributed by atoms with Crippen molar-refractivity contribution >= 4 is 23.2 Å². The third-order valence-electron chi connectivity index (χ3n) is 5.20. The molecule has 0 aliphatic carbocycles. The Labute approximate surface area is 156 Å². The number of nitrogens with zero attached hydrogens (tertiary/aromatic N) is 5. The molecule has 0 aromatic carbocycles. The Morgan fingerprint density at radius 3 is 2.73 bits per heavy atom. The summed E-state index contributed by atoms with van der Waals surface area (Å²) >= 11 is 1.53. The number of rotatable bonds is 4. The lowest BCUT2D eigenvalue weighted by Gasteiger charge is -2.25. The first-order valence-electron chi connectivity index (χ1n) is 9.25. The Bertz CT molecular complexity index is 766. The van der Waals surface area contributed by atoms with Crippen LogP contribution >= 0.6 is 11.3 Å². The van der Waals surface area contributed by atoms with Crippen molar-refractivity contribution in [3.05, 3.63) is 34.3 Å². The summed E-state index contributed by atoms with van der Waals surface area (Å²) in [5.41, 5.74) is 1.15. The van der Waals surface area contributed by atoms with Crippen LogP contribution in [0, 0.1) is 0 Å². The van der Waals surface area contributed by atoms with Gasteiger partial charge in [0.25, 0.3) is 11.8 Å². The topological polar surface area (TPSA) is 71.3 Å². The molecule has 2 amide bonds.